The first kappa shape index (κ1) is 20.9. The molecule has 4 aromatic rings. The number of rotatable bonds is 2. The molecule has 0 aliphatic carbocycles. The van der Waals surface area contributed by atoms with E-state index in [1.165, 1.54) is 0 Å². The minimum atomic E-state index is -0.0652. The second kappa shape index (κ2) is 8.79. The Morgan fingerprint density at radius 1 is 1.13 bits per heavy atom. The molecule has 0 radical (unpaired) electrons. The molecule has 0 spiro atoms. The number of halogens is 1. The molecule has 1 amide bonds. The van der Waals surface area contributed by atoms with Gasteiger partial charge in [-0.05, 0) is 36.8 Å². The summed E-state index contributed by atoms with van der Waals surface area (Å²) in [5, 5.41) is 6.87. The molecule has 158 valence electrons. The second-order valence-electron chi connectivity index (χ2n) is 7.04. The van der Waals surface area contributed by atoms with Crippen molar-refractivity contribution in [1.82, 2.24) is 24.5 Å². The lowest BCUT2D eigenvalue weighted by Gasteiger charge is -2.26. The summed E-state index contributed by atoms with van der Waals surface area (Å²) in [5.41, 5.74) is 4.13. The van der Waals surface area contributed by atoms with Gasteiger partial charge in [-0.2, -0.15) is 5.10 Å². The van der Waals surface area contributed by atoms with Gasteiger partial charge in [0.1, 0.15) is 17.6 Å². The van der Waals surface area contributed by atoms with E-state index < -0.39 is 0 Å². The van der Waals surface area contributed by atoms with E-state index in [9.17, 15) is 4.79 Å². The van der Waals surface area contributed by atoms with E-state index in [0.29, 0.717) is 37.2 Å². The van der Waals surface area contributed by atoms with Gasteiger partial charge in [0.2, 0.25) is 0 Å². The maximum absolute atomic E-state index is 12.7. The molecule has 0 N–H and O–H groups in total. The van der Waals surface area contributed by atoms with Crippen LogP contribution in [-0.4, -0.2) is 63.5 Å². The highest BCUT2D eigenvalue weighted by molar-refractivity contribution is 6.30. The second-order valence-corrected chi connectivity index (χ2v) is 7.43. The third kappa shape index (κ3) is 3.87. The normalized spacial score (nSPS) is 13.8. The maximum Gasteiger partial charge on any atom is 0.272 e. The van der Waals surface area contributed by atoms with Gasteiger partial charge < -0.3 is 14.4 Å². The minimum Gasteiger partial charge on any atom is -0.378 e. The third-order valence-corrected chi connectivity index (χ3v) is 5.45. The van der Waals surface area contributed by atoms with Crippen LogP contribution in [0.2, 0.25) is 5.15 Å². The van der Waals surface area contributed by atoms with E-state index in [2.05, 4.69) is 15.1 Å². The quantitative estimate of drug-likeness (QED) is 0.447. The molecule has 0 saturated carbocycles. The first-order chi connectivity index (χ1) is 15.1. The highest BCUT2D eigenvalue weighted by atomic mass is 35.5. The summed E-state index contributed by atoms with van der Waals surface area (Å²) in [6, 6.07) is 7.65. The predicted molar refractivity (Wildman–Crippen MR) is 117 cm³/mol. The number of ether oxygens (including phenoxy) is 1. The van der Waals surface area contributed by atoms with Gasteiger partial charge >= 0.3 is 0 Å². The first-order valence-corrected chi connectivity index (χ1v) is 10.0. The lowest BCUT2D eigenvalue weighted by Crippen LogP contribution is -2.41. The molecule has 1 aliphatic heterocycles. The van der Waals surface area contributed by atoms with Crippen LogP contribution in [0, 0.1) is 6.92 Å². The summed E-state index contributed by atoms with van der Waals surface area (Å²) >= 11 is 6.08. The SMILES string of the molecule is C=O.Cc1cc(C(=O)N2CCOCC2)ncc1-c1cc2cnc(Cl)cc2c2ccnn12. The minimum absolute atomic E-state index is 0.0652. The van der Waals surface area contributed by atoms with Gasteiger partial charge in [0.25, 0.3) is 5.91 Å². The molecular formula is C22H20ClN5O3. The summed E-state index contributed by atoms with van der Waals surface area (Å²) in [4.78, 5) is 31.2. The number of fused-ring (bicyclic) bond motifs is 3. The number of hydrogen-bond donors (Lipinski definition) is 0. The molecule has 0 aromatic carbocycles. The highest BCUT2D eigenvalue weighted by Gasteiger charge is 2.21. The molecule has 1 aliphatic rings. The molecule has 0 atom stereocenters. The van der Waals surface area contributed by atoms with Crippen LogP contribution in [0.25, 0.3) is 27.5 Å². The lowest BCUT2D eigenvalue weighted by atomic mass is 10.0. The summed E-state index contributed by atoms with van der Waals surface area (Å²) in [7, 11) is 0. The molecule has 0 unspecified atom stereocenters. The van der Waals surface area contributed by atoms with Gasteiger partial charge in [0, 0.05) is 41.8 Å². The van der Waals surface area contributed by atoms with Crippen molar-refractivity contribution >= 4 is 40.6 Å². The molecule has 4 aromatic heterocycles. The molecular weight excluding hydrogens is 418 g/mol. The van der Waals surface area contributed by atoms with E-state index in [0.717, 1.165) is 33.1 Å². The van der Waals surface area contributed by atoms with E-state index in [1.54, 1.807) is 23.5 Å². The van der Waals surface area contributed by atoms with Crippen LogP contribution < -0.4 is 0 Å². The zero-order chi connectivity index (χ0) is 22.0. The number of pyridine rings is 3. The Labute approximate surface area is 183 Å². The average Bonchev–Trinajstić information content (AvgIpc) is 3.31. The van der Waals surface area contributed by atoms with Crippen molar-refractivity contribution < 1.29 is 14.3 Å². The molecule has 9 heteroatoms. The monoisotopic (exact) mass is 437 g/mol. The number of amides is 1. The predicted octanol–water partition coefficient (Wildman–Crippen LogP) is 3.19. The van der Waals surface area contributed by atoms with Crippen molar-refractivity contribution in [2.45, 2.75) is 6.92 Å². The van der Waals surface area contributed by atoms with Crippen molar-refractivity contribution in [3.05, 3.63) is 59.3 Å². The van der Waals surface area contributed by atoms with Crippen LogP contribution in [-0.2, 0) is 9.53 Å². The van der Waals surface area contributed by atoms with Gasteiger partial charge in [-0.3, -0.25) is 9.78 Å². The smallest absolute Gasteiger partial charge is 0.272 e. The van der Waals surface area contributed by atoms with Crippen LogP contribution in [0.3, 0.4) is 0 Å². The van der Waals surface area contributed by atoms with Gasteiger partial charge in [-0.15, -0.1) is 0 Å². The fraction of sp³-hybridized carbons (Fsp3) is 0.227. The van der Waals surface area contributed by atoms with Crippen molar-refractivity contribution in [3.8, 4) is 11.3 Å². The van der Waals surface area contributed by atoms with Crippen LogP contribution in [0.1, 0.15) is 16.1 Å². The first-order valence-electron chi connectivity index (χ1n) is 9.67. The molecule has 5 heterocycles. The molecule has 31 heavy (non-hydrogen) atoms. The summed E-state index contributed by atoms with van der Waals surface area (Å²) in [5.74, 6) is -0.0652. The Morgan fingerprint density at radius 2 is 1.90 bits per heavy atom. The average molecular weight is 438 g/mol. The topological polar surface area (TPSA) is 89.7 Å². The fourth-order valence-corrected chi connectivity index (χ4v) is 3.90. The number of aryl methyl sites for hydroxylation is 1. The van der Waals surface area contributed by atoms with Gasteiger partial charge in [-0.25, -0.2) is 9.50 Å². The third-order valence-electron chi connectivity index (χ3n) is 5.24. The number of nitrogens with zero attached hydrogens (tertiary/aromatic N) is 5. The van der Waals surface area contributed by atoms with Crippen molar-refractivity contribution in [1.29, 1.82) is 0 Å². The molecule has 5 rings (SSSR count). The van der Waals surface area contributed by atoms with Gasteiger partial charge in [0.15, 0.2) is 0 Å². The Hall–Kier alpha value is -3.36. The van der Waals surface area contributed by atoms with Crippen LogP contribution >= 0.6 is 11.6 Å². The molecule has 0 bridgehead atoms. The van der Waals surface area contributed by atoms with Crippen LogP contribution in [0.15, 0.2) is 42.9 Å². The van der Waals surface area contributed by atoms with Gasteiger partial charge in [-0.1, -0.05) is 11.6 Å². The van der Waals surface area contributed by atoms with E-state index >= 15 is 0 Å². The van der Waals surface area contributed by atoms with Crippen LogP contribution in [0.4, 0.5) is 0 Å². The largest absolute Gasteiger partial charge is 0.378 e. The Morgan fingerprint density at radius 3 is 2.65 bits per heavy atom. The van der Waals surface area contributed by atoms with E-state index in [1.807, 2.05) is 42.5 Å². The molecule has 1 fully saturated rings. The Balaban J connectivity index is 0.00000112. The number of hydrogen-bond acceptors (Lipinski definition) is 6. The lowest BCUT2D eigenvalue weighted by molar-refractivity contribution is -0.0980. The van der Waals surface area contributed by atoms with Gasteiger partial charge in [0.05, 0.1) is 30.6 Å². The number of morpholine rings is 1. The van der Waals surface area contributed by atoms with Crippen molar-refractivity contribution in [2.24, 2.45) is 0 Å². The summed E-state index contributed by atoms with van der Waals surface area (Å²) < 4.78 is 7.19. The zero-order valence-electron chi connectivity index (χ0n) is 16.9. The zero-order valence-corrected chi connectivity index (χ0v) is 17.7. The number of aromatic nitrogens is 4. The standard InChI is InChI=1S/C21H18ClN5O2.CH2O/c1-13-8-17(21(28)26-4-6-29-7-5-26)23-12-16(13)19-9-14-11-24-20(22)10-15(14)18-2-3-25-27(18)19;1-2/h2-3,8-12H,4-7H2,1H3;1H2. The van der Waals surface area contributed by atoms with Crippen LogP contribution in [0.5, 0.6) is 0 Å². The number of carbonyl (C=O) groups is 2. The Kier molecular flexibility index (Phi) is 5.92. The molecule has 1 saturated heterocycles. The molecule has 8 nitrogen and oxygen atoms in total. The highest BCUT2D eigenvalue weighted by Crippen LogP contribution is 2.30. The van der Waals surface area contributed by atoms with Crippen molar-refractivity contribution in [2.75, 3.05) is 26.3 Å². The fourth-order valence-electron chi connectivity index (χ4n) is 3.75. The number of carbonyl (C=O) groups excluding carboxylic acids is 2. The summed E-state index contributed by atoms with van der Waals surface area (Å²) in [6.45, 7) is 6.29. The van der Waals surface area contributed by atoms with E-state index in [-0.39, 0.29) is 5.91 Å². The van der Waals surface area contributed by atoms with E-state index in [4.69, 9.17) is 21.1 Å². The maximum atomic E-state index is 12.7. The van der Waals surface area contributed by atoms with Crippen molar-refractivity contribution in [3.63, 3.8) is 0 Å². The Bertz CT molecular complexity index is 1270. The summed E-state index contributed by atoms with van der Waals surface area (Å²) in [6.07, 6.45) is 5.26.